The number of hydrogen-bond donors (Lipinski definition) is 2. The van der Waals surface area contributed by atoms with E-state index >= 15 is 0 Å². The Kier molecular flexibility index (Phi) is 20.7. The zero-order chi connectivity index (χ0) is 28.4. The van der Waals surface area contributed by atoms with Gasteiger partial charge in [0.2, 0.25) is 5.91 Å². The van der Waals surface area contributed by atoms with Gasteiger partial charge in [-0.2, -0.15) is 0 Å². The first kappa shape index (κ1) is 34.5. The molecular weight excluding hydrogens is 523 g/mol. The molecule has 0 saturated carbocycles. The van der Waals surface area contributed by atoms with Crippen LogP contribution in [0.15, 0.2) is 85.3 Å². The third-order valence-corrected chi connectivity index (χ3v) is 8.61. The molecule has 7 heteroatoms. The molecule has 39 heavy (non-hydrogen) atoms. The number of carbonyl (C=O) groups excluding carboxylic acids is 2. The van der Waals surface area contributed by atoms with E-state index in [1.165, 1.54) is 0 Å². The zero-order valence-corrected chi connectivity index (χ0v) is 25.6. The fraction of sp³-hybridized carbons (Fsp3) is 0.469. The molecule has 1 aromatic heterocycles. The number of aromatic nitrogens is 1. The lowest BCUT2D eigenvalue weighted by atomic mass is 10.2. The summed E-state index contributed by atoms with van der Waals surface area (Å²) in [6.07, 6.45) is 32.5. The van der Waals surface area contributed by atoms with Gasteiger partial charge in [-0.25, -0.2) is 0 Å². The van der Waals surface area contributed by atoms with Crippen LogP contribution in [0.5, 0.6) is 0 Å². The maximum absolute atomic E-state index is 12.2. The number of pyridine rings is 1. The fourth-order valence-electron chi connectivity index (χ4n) is 3.19. The molecular formula is C32H47N3O2S2. The summed E-state index contributed by atoms with van der Waals surface area (Å²) >= 11 is 0. The Morgan fingerprint density at radius 1 is 0.897 bits per heavy atom. The summed E-state index contributed by atoms with van der Waals surface area (Å²) in [5, 5.41) is 5.96. The van der Waals surface area contributed by atoms with Crippen LogP contribution in [0.1, 0.15) is 82.5 Å². The van der Waals surface area contributed by atoms with Gasteiger partial charge >= 0.3 is 0 Å². The molecule has 0 atom stereocenters. The standard InChI is InChI=1S/C32H47N3O2S2/c1-4-5-6-7-8-9-10-11-12-13-14-15-16-17-18-19-20-23-30(36)34-25-26-38-39-32(2,3)28-35-31(37)29-22-21-24-33-27-29/h5-6,8-9,11-12,14-15,17-18,21-22,24,27H,4,7,10,13,16,19-20,23,25-26,28H2,1-3H3,(H,34,36)(H,35,37)/b6-5-,9-8-,12-11-,15-14-,18-17-. The molecule has 0 aliphatic carbocycles. The van der Waals surface area contributed by atoms with Gasteiger partial charge in [0.1, 0.15) is 0 Å². The minimum atomic E-state index is -0.117. The summed E-state index contributed by atoms with van der Waals surface area (Å²) in [7, 11) is 3.43. The predicted octanol–water partition coefficient (Wildman–Crippen LogP) is 8.01. The van der Waals surface area contributed by atoms with Crippen LogP contribution in [-0.4, -0.2) is 40.4 Å². The average Bonchev–Trinajstić information content (AvgIpc) is 2.93. The van der Waals surface area contributed by atoms with E-state index in [-0.39, 0.29) is 16.6 Å². The Balaban J connectivity index is 1.99. The Morgan fingerprint density at radius 3 is 2.10 bits per heavy atom. The predicted molar refractivity (Wildman–Crippen MR) is 172 cm³/mol. The fourth-order valence-corrected chi connectivity index (χ4v) is 5.55. The van der Waals surface area contributed by atoms with Gasteiger partial charge in [0.05, 0.1) is 5.56 Å². The largest absolute Gasteiger partial charge is 0.355 e. The maximum atomic E-state index is 12.2. The number of unbranched alkanes of at least 4 members (excludes halogenated alkanes) is 1. The number of allylic oxidation sites excluding steroid dienone is 10. The minimum Gasteiger partial charge on any atom is -0.355 e. The first-order valence-electron chi connectivity index (χ1n) is 13.9. The van der Waals surface area contributed by atoms with Crippen LogP contribution in [-0.2, 0) is 4.79 Å². The first-order chi connectivity index (χ1) is 18.9. The van der Waals surface area contributed by atoms with Gasteiger partial charge in [-0.15, -0.1) is 0 Å². The van der Waals surface area contributed by atoms with Gasteiger partial charge in [0.25, 0.3) is 5.91 Å². The highest BCUT2D eigenvalue weighted by Gasteiger charge is 2.20. The van der Waals surface area contributed by atoms with Crippen LogP contribution < -0.4 is 10.6 Å². The van der Waals surface area contributed by atoms with Gasteiger partial charge in [0, 0.05) is 42.4 Å². The van der Waals surface area contributed by atoms with Crippen molar-refractivity contribution in [1.82, 2.24) is 15.6 Å². The molecule has 0 aromatic carbocycles. The highest BCUT2D eigenvalue weighted by atomic mass is 33.1. The van der Waals surface area contributed by atoms with E-state index in [1.807, 2.05) is 0 Å². The number of nitrogens with one attached hydrogen (secondary N) is 2. The molecule has 5 nitrogen and oxygen atoms in total. The van der Waals surface area contributed by atoms with Crippen LogP contribution in [0.4, 0.5) is 0 Å². The van der Waals surface area contributed by atoms with Crippen molar-refractivity contribution in [2.75, 3.05) is 18.8 Å². The van der Waals surface area contributed by atoms with Crippen molar-refractivity contribution in [1.29, 1.82) is 0 Å². The Labute approximate surface area is 244 Å². The van der Waals surface area contributed by atoms with E-state index in [2.05, 4.69) is 97.1 Å². The zero-order valence-electron chi connectivity index (χ0n) is 23.9. The van der Waals surface area contributed by atoms with Crippen molar-refractivity contribution in [3.05, 3.63) is 90.9 Å². The quantitative estimate of drug-likeness (QED) is 0.0891. The van der Waals surface area contributed by atoms with Crippen molar-refractivity contribution in [2.24, 2.45) is 0 Å². The molecule has 1 rings (SSSR count). The lowest BCUT2D eigenvalue weighted by Gasteiger charge is -2.23. The van der Waals surface area contributed by atoms with E-state index < -0.39 is 0 Å². The van der Waals surface area contributed by atoms with Crippen molar-refractivity contribution < 1.29 is 9.59 Å². The monoisotopic (exact) mass is 569 g/mol. The average molecular weight is 570 g/mol. The van der Waals surface area contributed by atoms with Crippen LogP contribution >= 0.6 is 21.6 Å². The van der Waals surface area contributed by atoms with Crippen LogP contribution in [0, 0.1) is 0 Å². The Morgan fingerprint density at radius 2 is 1.51 bits per heavy atom. The summed E-state index contributed by atoms with van der Waals surface area (Å²) in [6.45, 7) is 7.55. The van der Waals surface area contributed by atoms with Crippen LogP contribution in [0.2, 0.25) is 0 Å². The second-order valence-corrected chi connectivity index (χ2v) is 12.7. The summed E-state index contributed by atoms with van der Waals surface area (Å²) in [5.74, 6) is 0.820. The number of nitrogens with zero attached hydrogens (tertiary/aromatic N) is 1. The normalized spacial score (nSPS) is 12.5. The van der Waals surface area contributed by atoms with E-state index in [4.69, 9.17) is 0 Å². The third-order valence-electron chi connectivity index (χ3n) is 5.32. The maximum Gasteiger partial charge on any atom is 0.252 e. The summed E-state index contributed by atoms with van der Waals surface area (Å²) in [5.41, 5.74) is 0.565. The van der Waals surface area contributed by atoms with E-state index in [0.717, 1.165) is 50.7 Å². The van der Waals surface area contributed by atoms with Gasteiger partial charge in [-0.1, -0.05) is 89.3 Å². The highest BCUT2D eigenvalue weighted by molar-refractivity contribution is 8.77. The van der Waals surface area contributed by atoms with Gasteiger partial charge in [-0.05, 0) is 70.9 Å². The van der Waals surface area contributed by atoms with Gasteiger partial charge in [0.15, 0.2) is 0 Å². The van der Waals surface area contributed by atoms with E-state index in [1.54, 1.807) is 46.1 Å². The first-order valence-corrected chi connectivity index (χ1v) is 16.3. The molecule has 0 bridgehead atoms. The van der Waals surface area contributed by atoms with Crippen molar-refractivity contribution in [2.45, 2.75) is 76.9 Å². The summed E-state index contributed by atoms with van der Waals surface area (Å²) < 4.78 is -0.117. The molecule has 0 spiro atoms. The minimum absolute atomic E-state index is 0.107. The summed E-state index contributed by atoms with van der Waals surface area (Å²) in [6, 6.07) is 3.51. The number of carbonyl (C=O) groups is 2. The number of rotatable bonds is 21. The molecule has 0 unspecified atom stereocenters. The number of amides is 2. The molecule has 214 valence electrons. The van der Waals surface area contributed by atoms with Crippen molar-refractivity contribution in [3.8, 4) is 0 Å². The van der Waals surface area contributed by atoms with Crippen LogP contribution in [0.25, 0.3) is 0 Å². The molecule has 0 aliphatic rings. The molecule has 0 saturated heterocycles. The molecule has 2 amide bonds. The molecule has 2 N–H and O–H groups in total. The van der Waals surface area contributed by atoms with Crippen molar-refractivity contribution in [3.63, 3.8) is 0 Å². The topological polar surface area (TPSA) is 71.1 Å². The van der Waals surface area contributed by atoms with E-state index in [0.29, 0.717) is 25.1 Å². The Bertz CT molecular complexity index is 938. The third kappa shape index (κ3) is 21.0. The van der Waals surface area contributed by atoms with Crippen LogP contribution in [0.3, 0.4) is 0 Å². The molecule has 1 aromatic rings. The molecule has 0 radical (unpaired) electrons. The SMILES string of the molecule is CC/C=C\C/C=C\C/C=C\C/C=C\C/C=C\CCCC(=O)NCCSSC(C)(C)CNC(=O)c1cccnc1. The second-order valence-electron chi connectivity index (χ2n) is 9.54. The lowest BCUT2D eigenvalue weighted by Crippen LogP contribution is -2.36. The second kappa shape index (κ2) is 23.4. The molecule has 1 heterocycles. The van der Waals surface area contributed by atoms with Gasteiger partial charge < -0.3 is 10.6 Å². The Hall–Kier alpha value is -2.51. The molecule has 0 fully saturated rings. The van der Waals surface area contributed by atoms with Gasteiger partial charge in [-0.3, -0.25) is 14.6 Å². The number of hydrogen-bond acceptors (Lipinski definition) is 5. The lowest BCUT2D eigenvalue weighted by molar-refractivity contribution is -0.121. The van der Waals surface area contributed by atoms with Crippen molar-refractivity contribution >= 4 is 33.4 Å². The summed E-state index contributed by atoms with van der Waals surface area (Å²) in [4.78, 5) is 28.2. The molecule has 0 aliphatic heterocycles. The van der Waals surface area contributed by atoms with E-state index in [9.17, 15) is 9.59 Å². The smallest absolute Gasteiger partial charge is 0.252 e. The highest BCUT2D eigenvalue weighted by Crippen LogP contribution is 2.34.